The number of nitrogens with one attached hydrogen (secondary N) is 2. The molecule has 216 valence electrons. The molecule has 38 heavy (non-hydrogen) atoms. The highest BCUT2D eigenvalue weighted by Crippen LogP contribution is 2.44. The highest BCUT2D eigenvalue weighted by atomic mass is 31.2. The number of carbonyl (C=O) groups is 1. The smallest absolute Gasteiger partial charge is 0.235 e. The Morgan fingerprint density at radius 2 is 1.87 bits per heavy atom. The molecule has 1 amide bonds. The van der Waals surface area contributed by atoms with Gasteiger partial charge in [0.25, 0.3) is 0 Å². The number of imidazole rings is 1. The second-order valence-electron chi connectivity index (χ2n) is 11.2. The molecule has 0 aromatic carbocycles. The van der Waals surface area contributed by atoms with Crippen molar-refractivity contribution in [2.24, 2.45) is 17.6 Å². The number of hydrogen-bond donors (Lipinski definition) is 5. The van der Waals surface area contributed by atoms with Crippen molar-refractivity contribution in [3.8, 4) is 0 Å². The first kappa shape index (κ1) is 29.4. The van der Waals surface area contributed by atoms with Crippen molar-refractivity contribution >= 4 is 19.5 Å². The van der Waals surface area contributed by atoms with Gasteiger partial charge in [-0.15, -0.1) is 0 Å². The van der Waals surface area contributed by atoms with Gasteiger partial charge in [-0.2, -0.15) is 0 Å². The summed E-state index contributed by atoms with van der Waals surface area (Å²) in [4.78, 5) is 40.1. The maximum Gasteiger partial charge on any atom is 0.235 e. The second kappa shape index (κ2) is 11.9. The molecule has 2 fully saturated rings. The van der Waals surface area contributed by atoms with Crippen molar-refractivity contribution in [3.63, 3.8) is 0 Å². The maximum atomic E-state index is 13.7. The van der Waals surface area contributed by atoms with Crippen LogP contribution in [-0.2, 0) is 24.0 Å². The van der Waals surface area contributed by atoms with Gasteiger partial charge in [0.05, 0.1) is 31.9 Å². The lowest BCUT2D eigenvalue weighted by atomic mass is 9.73. The summed E-state index contributed by atoms with van der Waals surface area (Å²) in [6.45, 7) is 3.74. The van der Waals surface area contributed by atoms with E-state index in [1.54, 1.807) is 0 Å². The summed E-state index contributed by atoms with van der Waals surface area (Å²) in [5.74, 6) is 1.31. The number of nitrogens with two attached hydrogens (primary N) is 1. The molecule has 4 rings (SSSR count). The first-order chi connectivity index (χ1) is 17.9. The normalized spacial score (nSPS) is 35.3. The average Bonchev–Trinajstić information content (AvgIpc) is 3.32. The Morgan fingerprint density at radius 1 is 1.18 bits per heavy atom. The Hall–Kier alpha value is -1.57. The van der Waals surface area contributed by atoms with E-state index in [2.05, 4.69) is 34.0 Å². The fraction of sp³-hybridized carbons (Fsp3) is 0.833. The van der Waals surface area contributed by atoms with Crippen molar-refractivity contribution in [1.82, 2.24) is 14.9 Å². The number of anilines is 1. The Kier molecular flexibility index (Phi) is 9.20. The van der Waals surface area contributed by atoms with Gasteiger partial charge in [-0.3, -0.25) is 15.1 Å². The number of hydrogen-bond acceptors (Lipinski definition) is 11. The molecule has 3 heterocycles. The zero-order valence-electron chi connectivity index (χ0n) is 22.0. The lowest BCUT2D eigenvalue weighted by Gasteiger charge is -2.31. The Morgan fingerprint density at radius 3 is 2.58 bits per heavy atom. The molecule has 0 radical (unpaired) electrons. The number of nitrogens with zero attached hydrogens (tertiary/aromatic N) is 2. The number of aromatic nitrogens is 2. The summed E-state index contributed by atoms with van der Waals surface area (Å²) >= 11 is 0. The molecule has 1 spiro atoms. The fourth-order valence-corrected chi connectivity index (χ4v) is 6.46. The van der Waals surface area contributed by atoms with Gasteiger partial charge in [-0.05, 0) is 24.7 Å². The summed E-state index contributed by atoms with van der Waals surface area (Å²) in [6, 6.07) is 0. The summed E-state index contributed by atoms with van der Waals surface area (Å²) in [6.07, 6.45) is 3.30. The summed E-state index contributed by atoms with van der Waals surface area (Å²) in [5, 5.41) is 27.1. The maximum absolute atomic E-state index is 13.7. The highest BCUT2D eigenvalue weighted by molar-refractivity contribution is 7.43. The molecule has 0 bridgehead atoms. The quantitative estimate of drug-likeness (QED) is 0.308. The monoisotopic (exact) mass is 557 g/mol. The van der Waals surface area contributed by atoms with Gasteiger partial charge in [-0.1, -0.05) is 58.8 Å². The molecule has 7 atom stereocenters. The van der Waals surface area contributed by atoms with Crippen molar-refractivity contribution < 1.29 is 38.6 Å². The lowest BCUT2D eigenvalue weighted by Crippen LogP contribution is -2.51. The molecule has 1 saturated carbocycles. The Bertz CT molecular complexity index is 1020. The van der Waals surface area contributed by atoms with Gasteiger partial charge in [0.1, 0.15) is 24.1 Å². The van der Waals surface area contributed by atoms with E-state index in [0.29, 0.717) is 36.2 Å². The number of phosphoric ester groups is 1. The number of fused-ring (bicyclic) bond motifs is 2. The summed E-state index contributed by atoms with van der Waals surface area (Å²) in [5.41, 5.74) is 5.75. The number of rotatable bonds is 5. The molecule has 3 aliphatic rings. The van der Waals surface area contributed by atoms with Crippen LogP contribution in [-0.4, -0.2) is 56.9 Å². The van der Waals surface area contributed by atoms with E-state index in [0.717, 1.165) is 32.1 Å². The zero-order chi connectivity index (χ0) is 27.7. The van der Waals surface area contributed by atoms with Crippen LogP contribution in [0, 0.1) is 11.8 Å². The first-order valence-electron chi connectivity index (χ1n) is 13.5. The van der Waals surface area contributed by atoms with Crippen molar-refractivity contribution in [1.29, 1.82) is 0 Å². The largest absolute Gasteiger partial charge is 0.790 e. The molecule has 1 aliphatic carbocycles. The lowest BCUT2D eigenvalue weighted by molar-refractivity contribution is -0.343. The zero-order valence-corrected chi connectivity index (χ0v) is 22.8. The molecule has 2 aliphatic heterocycles. The van der Waals surface area contributed by atoms with Crippen LogP contribution >= 0.6 is 7.82 Å². The Balaban J connectivity index is 1.66. The van der Waals surface area contributed by atoms with E-state index < -0.39 is 50.7 Å². The van der Waals surface area contributed by atoms with Crippen molar-refractivity contribution in [3.05, 3.63) is 12.0 Å². The Labute approximate surface area is 222 Å². The SMILES string of the molecule is CC(C)C1CCCCCCC2(CCC1)C(=O)NC(N)Nc1c2ncn1C1OC(COP(=O)([O-])[O-])C(O)C1O. The van der Waals surface area contributed by atoms with Crippen LogP contribution in [0.25, 0.3) is 0 Å². The summed E-state index contributed by atoms with van der Waals surface area (Å²) in [7, 11) is -5.30. The highest BCUT2D eigenvalue weighted by Gasteiger charge is 2.49. The van der Waals surface area contributed by atoms with Crippen LogP contribution in [0.3, 0.4) is 0 Å². The number of amides is 1. The third-order valence-corrected chi connectivity index (χ3v) is 8.78. The number of carbonyl (C=O) groups excluding carboxylic acids is 1. The van der Waals surface area contributed by atoms with Crippen molar-refractivity contribution in [2.45, 2.75) is 108 Å². The molecule has 7 unspecified atom stereocenters. The molecule has 1 aromatic rings. The van der Waals surface area contributed by atoms with Gasteiger partial charge in [0.15, 0.2) is 12.5 Å². The van der Waals surface area contributed by atoms with Crippen LogP contribution < -0.4 is 26.2 Å². The number of aliphatic hydroxyl groups is 2. The second-order valence-corrected chi connectivity index (χ2v) is 12.3. The van der Waals surface area contributed by atoms with Crippen LogP contribution in [0.4, 0.5) is 5.82 Å². The number of phosphoric acid groups is 1. The van der Waals surface area contributed by atoms with Gasteiger partial charge < -0.3 is 44.5 Å². The molecule has 6 N–H and O–H groups in total. The van der Waals surface area contributed by atoms with E-state index in [1.165, 1.54) is 23.7 Å². The predicted octanol–water partition coefficient (Wildman–Crippen LogP) is 0.166. The number of ether oxygens (including phenoxy) is 1. The minimum Gasteiger partial charge on any atom is -0.790 e. The van der Waals surface area contributed by atoms with Crippen LogP contribution in [0.2, 0.25) is 0 Å². The van der Waals surface area contributed by atoms with Crippen LogP contribution in [0.1, 0.15) is 83.6 Å². The molecule has 14 heteroatoms. The van der Waals surface area contributed by atoms with Crippen molar-refractivity contribution in [2.75, 3.05) is 11.9 Å². The minimum absolute atomic E-state index is 0.206. The molecular weight excluding hydrogens is 517 g/mol. The molecule has 1 aromatic heterocycles. The van der Waals surface area contributed by atoms with Gasteiger partial charge in [0, 0.05) is 0 Å². The topological polar surface area (TPSA) is 207 Å². The fourth-order valence-electron chi connectivity index (χ4n) is 6.13. The third kappa shape index (κ3) is 6.26. The van der Waals surface area contributed by atoms with Gasteiger partial charge in [-0.25, -0.2) is 4.98 Å². The van der Waals surface area contributed by atoms with Crippen LogP contribution in [0.5, 0.6) is 0 Å². The van der Waals surface area contributed by atoms with E-state index in [4.69, 9.17) is 10.5 Å². The van der Waals surface area contributed by atoms with E-state index in [9.17, 15) is 29.4 Å². The van der Waals surface area contributed by atoms with Gasteiger partial charge >= 0.3 is 0 Å². The molecular formula is C24H40N5O8P-2. The van der Waals surface area contributed by atoms with Gasteiger partial charge in [0.2, 0.25) is 5.91 Å². The number of aliphatic hydroxyl groups excluding tert-OH is 2. The first-order valence-corrected chi connectivity index (χ1v) is 15.0. The van der Waals surface area contributed by atoms with E-state index in [-0.39, 0.29) is 5.91 Å². The third-order valence-electron chi connectivity index (χ3n) is 8.32. The standard InChI is InChI=1S/C24H42N5O8P/c1-14(2)15-8-5-3-4-6-10-24(11-7-9-15)19-20(27-23(25)28-22(24)32)29(13-26-19)21-18(31)17(30)16(37-21)12-36-38(33,34)35/h13-18,21,23,27,30-31H,3-12,25H2,1-2H3,(H,28,32)(H2,33,34,35)/p-2. The predicted molar refractivity (Wildman–Crippen MR) is 133 cm³/mol. The average molecular weight is 558 g/mol. The van der Waals surface area contributed by atoms with E-state index >= 15 is 0 Å². The minimum atomic E-state index is -5.30. The van der Waals surface area contributed by atoms with Crippen LogP contribution in [0.15, 0.2) is 6.33 Å². The van der Waals surface area contributed by atoms with E-state index in [1.807, 2.05) is 0 Å². The molecule has 1 saturated heterocycles. The molecule has 13 nitrogen and oxygen atoms in total. The summed E-state index contributed by atoms with van der Waals surface area (Å²) < 4.78 is 22.4.